The number of aliphatic hydroxyl groups is 1. The molecule has 6 nitrogen and oxygen atoms in total. The number of carbonyl (C=O) groups is 1. The third-order valence-corrected chi connectivity index (χ3v) is 3.41. The molecule has 0 spiro atoms. The fourth-order valence-corrected chi connectivity index (χ4v) is 2.22. The van der Waals surface area contributed by atoms with Crippen molar-refractivity contribution in [1.29, 1.82) is 0 Å². The first-order valence-corrected chi connectivity index (χ1v) is 6.60. The Bertz CT molecular complexity index is 413. The Morgan fingerprint density at radius 1 is 1.42 bits per heavy atom. The number of nitrogens with zero attached hydrogens (tertiary/aromatic N) is 3. The summed E-state index contributed by atoms with van der Waals surface area (Å²) in [5, 5.41) is 11.8. The summed E-state index contributed by atoms with van der Waals surface area (Å²) in [6, 6.07) is 0. The van der Waals surface area contributed by atoms with Crippen LogP contribution in [-0.4, -0.2) is 40.6 Å². The zero-order valence-corrected chi connectivity index (χ0v) is 11.2. The molecule has 1 fully saturated rings. The van der Waals surface area contributed by atoms with Gasteiger partial charge in [-0.15, -0.1) is 0 Å². The number of aliphatic hydroxyl groups excluding tert-OH is 1. The van der Waals surface area contributed by atoms with Crippen LogP contribution in [0.3, 0.4) is 0 Å². The number of rotatable bonds is 4. The minimum atomic E-state index is -0.0287. The van der Waals surface area contributed by atoms with E-state index < -0.39 is 0 Å². The highest BCUT2D eigenvalue weighted by Crippen LogP contribution is 2.19. The molecule has 1 aromatic rings. The van der Waals surface area contributed by atoms with Gasteiger partial charge in [-0.1, -0.05) is 0 Å². The predicted molar refractivity (Wildman–Crippen MR) is 71.6 cm³/mol. The zero-order valence-electron chi connectivity index (χ0n) is 11.2. The second-order valence-electron chi connectivity index (χ2n) is 4.92. The van der Waals surface area contributed by atoms with Crippen molar-refractivity contribution in [2.45, 2.75) is 26.4 Å². The van der Waals surface area contributed by atoms with Crippen LogP contribution in [0.5, 0.6) is 0 Å². The van der Waals surface area contributed by atoms with Crippen LogP contribution < -0.4 is 10.2 Å². The minimum Gasteiger partial charge on any atom is -0.392 e. The highest BCUT2D eigenvalue weighted by Gasteiger charge is 2.20. The van der Waals surface area contributed by atoms with Gasteiger partial charge in [0.1, 0.15) is 0 Å². The van der Waals surface area contributed by atoms with Gasteiger partial charge in [-0.2, -0.15) is 0 Å². The number of piperidine rings is 1. The van der Waals surface area contributed by atoms with Gasteiger partial charge in [-0.25, -0.2) is 9.97 Å². The van der Waals surface area contributed by atoms with E-state index in [4.69, 9.17) is 5.11 Å². The van der Waals surface area contributed by atoms with Crippen LogP contribution in [0.15, 0.2) is 12.4 Å². The van der Waals surface area contributed by atoms with Gasteiger partial charge in [-0.3, -0.25) is 4.79 Å². The molecule has 0 aliphatic carbocycles. The Morgan fingerprint density at radius 2 is 2.05 bits per heavy atom. The lowest BCUT2D eigenvalue weighted by Gasteiger charge is -2.31. The summed E-state index contributed by atoms with van der Waals surface area (Å²) in [6.07, 6.45) is 5.38. The second-order valence-corrected chi connectivity index (χ2v) is 4.92. The van der Waals surface area contributed by atoms with Gasteiger partial charge in [0.05, 0.1) is 6.61 Å². The van der Waals surface area contributed by atoms with Crippen LogP contribution in [0.4, 0.5) is 5.95 Å². The van der Waals surface area contributed by atoms with Crippen LogP contribution in [0.25, 0.3) is 0 Å². The van der Waals surface area contributed by atoms with Gasteiger partial charge in [0, 0.05) is 44.5 Å². The number of hydrogen-bond donors (Lipinski definition) is 2. The molecule has 2 N–H and O–H groups in total. The smallest absolute Gasteiger partial charge is 0.225 e. The Morgan fingerprint density at radius 3 is 2.58 bits per heavy atom. The summed E-state index contributed by atoms with van der Waals surface area (Å²) in [7, 11) is 0. The molecule has 6 heteroatoms. The van der Waals surface area contributed by atoms with Crippen LogP contribution >= 0.6 is 0 Å². The molecule has 0 radical (unpaired) electrons. The van der Waals surface area contributed by atoms with Crippen LogP contribution in [0.2, 0.25) is 0 Å². The molecule has 1 aromatic heterocycles. The average Bonchev–Trinajstić information content (AvgIpc) is 2.46. The summed E-state index contributed by atoms with van der Waals surface area (Å²) >= 11 is 0. The molecule has 19 heavy (non-hydrogen) atoms. The Labute approximate surface area is 112 Å². The van der Waals surface area contributed by atoms with E-state index >= 15 is 0 Å². The molecule has 104 valence electrons. The maximum Gasteiger partial charge on any atom is 0.225 e. The largest absolute Gasteiger partial charge is 0.392 e. The topological polar surface area (TPSA) is 78.4 Å². The predicted octanol–water partition coefficient (Wildman–Crippen LogP) is 0.321. The number of hydrogen-bond acceptors (Lipinski definition) is 5. The normalized spacial score (nSPS) is 16.4. The second kappa shape index (κ2) is 6.47. The summed E-state index contributed by atoms with van der Waals surface area (Å²) < 4.78 is 0. The van der Waals surface area contributed by atoms with Gasteiger partial charge in [0.2, 0.25) is 11.9 Å². The molecule has 2 rings (SSSR count). The maximum absolute atomic E-state index is 10.9. The Balaban J connectivity index is 1.83. The third kappa shape index (κ3) is 3.89. The van der Waals surface area contributed by atoms with Gasteiger partial charge in [0.25, 0.3) is 0 Å². The van der Waals surface area contributed by atoms with E-state index in [9.17, 15) is 4.79 Å². The van der Waals surface area contributed by atoms with Gasteiger partial charge in [0.15, 0.2) is 0 Å². The van der Waals surface area contributed by atoms with E-state index in [0.717, 1.165) is 44.0 Å². The molecule has 0 saturated carbocycles. The van der Waals surface area contributed by atoms with Crippen molar-refractivity contribution >= 4 is 11.9 Å². The first kappa shape index (κ1) is 13.7. The molecule has 1 aliphatic heterocycles. The van der Waals surface area contributed by atoms with E-state index in [2.05, 4.69) is 20.2 Å². The summed E-state index contributed by atoms with van der Waals surface area (Å²) in [5.74, 6) is 1.29. The van der Waals surface area contributed by atoms with Gasteiger partial charge in [-0.05, 0) is 18.8 Å². The molecular formula is C13H20N4O2. The van der Waals surface area contributed by atoms with E-state index in [0.29, 0.717) is 5.92 Å². The molecule has 0 aromatic carbocycles. The van der Waals surface area contributed by atoms with E-state index in [1.54, 1.807) is 19.3 Å². The van der Waals surface area contributed by atoms with E-state index in [-0.39, 0.29) is 12.5 Å². The maximum atomic E-state index is 10.9. The van der Waals surface area contributed by atoms with Crippen molar-refractivity contribution in [2.75, 3.05) is 24.5 Å². The standard InChI is InChI=1S/C13H20N4O2/c1-10(19)14-6-11-2-4-17(5-3-11)13-15-7-12(9-18)8-16-13/h7-8,11,18H,2-6,9H2,1H3,(H,14,19). The highest BCUT2D eigenvalue weighted by molar-refractivity contribution is 5.72. The van der Waals surface area contributed by atoms with Crippen molar-refractivity contribution in [2.24, 2.45) is 5.92 Å². The molecule has 0 atom stereocenters. The summed E-state index contributed by atoms with van der Waals surface area (Å²) in [5.41, 5.74) is 0.726. The van der Waals surface area contributed by atoms with Gasteiger partial charge >= 0.3 is 0 Å². The van der Waals surface area contributed by atoms with E-state index in [1.165, 1.54) is 0 Å². The van der Waals surface area contributed by atoms with Crippen LogP contribution in [0, 0.1) is 5.92 Å². The number of nitrogens with one attached hydrogen (secondary N) is 1. The molecule has 2 heterocycles. The average molecular weight is 264 g/mol. The first-order valence-electron chi connectivity index (χ1n) is 6.60. The Hall–Kier alpha value is -1.69. The monoisotopic (exact) mass is 264 g/mol. The summed E-state index contributed by atoms with van der Waals surface area (Å²) in [6.45, 7) is 4.09. The number of amides is 1. The van der Waals surface area contributed by atoms with Crippen molar-refractivity contribution in [1.82, 2.24) is 15.3 Å². The molecular weight excluding hydrogens is 244 g/mol. The molecule has 0 bridgehead atoms. The van der Waals surface area contributed by atoms with Crippen molar-refractivity contribution in [3.63, 3.8) is 0 Å². The fraction of sp³-hybridized carbons (Fsp3) is 0.615. The molecule has 1 saturated heterocycles. The molecule has 1 amide bonds. The number of aromatic nitrogens is 2. The minimum absolute atomic E-state index is 0.0287. The van der Waals surface area contributed by atoms with E-state index in [1.807, 2.05) is 0 Å². The number of carbonyl (C=O) groups excluding carboxylic acids is 1. The quantitative estimate of drug-likeness (QED) is 0.819. The fourth-order valence-electron chi connectivity index (χ4n) is 2.22. The SMILES string of the molecule is CC(=O)NCC1CCN(c2ncc(CO)cn2)CC1. The lowest BCUT2D eigenvalue weighted by atomic mass is 9.97. The zero-order chi connectivity index (χ0) is 13.7. The van der Waals surface area contributed by atoms with Crippen LogP contribution in [-0.2, 0) is 11.4 Å². The van der Waals surface area contributed by atoms with Crippen LogP contribution in [0.1, 0.15) is 25.3 Å². The first-order chi connectivity index (χ1) is 9.19. The highest BCUT2D eigenvalue weighted by atomic mass is 16.3. The van der Waals surface area contributed by atoms with Crippen molar-refractivity contribution < 1.29 is 9.90 Å². The molecule has 0 unspecified atom stereocenters. The Kier molecular flexibility index (Phi) is 4.68. The lowest BCUT2D eigenvalue weighted by molar-refractivity contribution is -0.119. The van der Waals surface area contributed by atoms with Gasteiger partial charge < -0.3 is 15.3 Å². The summed E-state index contributed by atoms with van der Waals surface area (Å²) in [4.78, 5) is 21.5. The molecule has 1 aliphatic rings. The lowest BCUT2D eigenvalue weighted by Crippen LogP contribution is -2.38. The van der Waals surface area contributed by atoms with Crippen molar-refractivity contribution in [3.8, 4) is 0 Å². The number of anilines is 1. The van der Waals surface area contributed by atoms with Crippen molar-refractivity contribution in [3.05, 3.63) is 18.0 Å². The third-order valence-electron chi connectivity index (χ3n) is 3.41.